The van der Waals surface area contributed by atoms with Crippen LogP contribution in [0.15, 0.2) is 29.6 Å². The number of thiazole rings is 1. The molecule has 10 nitrogen and oxygen atoms in total. The fourth-order valence-electron chi connectivity index (χ4n) is 3.71. The number of benzene rings is 1. The Morgan fingerprint density at radius 3 is 2.53 bits per heavy atom. The van der Waals surface area contributed by atoms with Crippen LogP contribution in [0.25, 0.3) is 0 Å². The van der Waals surface area contributed by atoms with E-state index in [2.05, 4.69) is 20.6 Å². The maximum atomic E-state index is 13.1. The number of hydrogen-bond acceptors (Lipinski definition) is 8. The van der Waals surface area contributed by atoms with Crippen LogP contribution in [-0.2, 0) is 19.1 Å². The van der Waals surface area contributed by atoms with Crippen LogP contribution in [0.2, 0.25) is 5.02 Å². The molecule has 2 N–H and O–H groups in total. The molecule has 2 aromatic rings. The molecule has 0 radical (unpaired) electrons. The molecule has 1 aromatic carbocycles. The first-order valence-electron chi connectivity index (χ1n) is 11.5. The third-order valence-electron chi connectivity index (χ3n) is 5.53. The summed E-state index contributed by atoms with van der Waals surface area (Å²) in [7, 11) is 0. The van der Waals surface area contributed by atoms with Gasteiger partial charge in [0.2, 0.25) is 5.91 Å². The quantitative estimate of drug-likeness (QED) is 0.301. The number of piperidine rings is 1. The number of ether oxygens (including phenoxy) is 2. The van der Waals surface area contributed by atoms with Gasteiger partial charge in [-0.15, -0.1) is 11.3 Å². The summed E-state index contributed by atoms with van der Waals surface area (Å²) in [4.78, 5) is 54.6. The van der Waals surface area contributed by atoms with Gasteiger partial charge in [-0.25, -0.2) is 4.98 Å². The predicted octanol–water partition coefficient (Wildman–Crippen LogP) is 3.07. The van der Waals surface area contributed by atoms with E-state index in [0.717, 1.165) is 5.01 Å². The van der Waals surface area contributed by atoms with Gasteiger partial charge in [0.1, 0.15) is 17.9 Å². The molecular weight excluding hydrogens is 508 g/mol. The van der Waals surface area contributed by atoms with Crippen molar-refractivity contribution >= 4 is 46.6 Å². The lowest BCUT2D eigenvalue weighted by Gasteiger charge is -2.36. The molecule has 2 heterocycles. The highest BCUT2D eigenvalue weighted by molar-refractivity contribution is 7.09. The van der Waals surface area contributed by atoms with Gasteiger partial charge in [-0.05, 0) is 45.7 Å². The van der Waals surface area contributed by atoms with E-state index in [1.807, 2.05) is 0 Å². The van der Waals surface area contributed by atoms with Crippen molar-refractivity contribution in [3.8, 4) is 5.75 Å². The Morgan fingerprint density at radius 2 is 1.86 bits per heavy atom. The Kier molecular flexibility index (Phi) is 9.27. The molecule has 194 valence electrons. The highest BCUT2D eigenvalue weighted by Gasteiger charge is 2.37. The van der Waals surface area contributed by atoms with Crippen LogP contribution in [0.3, 0.4) is 0 Å². The number of halogens is 1. The molecule has 0 atom stereocenters. The van der Waals surface area contributed by atoms with Crippen molar-refractivity contribution in [3.63, 3.8) is 0 Å². The van der Waals surface area contributed by atoms with E-state index < -0.39 is 29.8 Å². The molecule has 36 heavy (non-hydrogen) atoms. The van der Waals surface area contributed by atoms with E-state index in [1.165, 1.54) is 11.3 Å². The summed E-state index contributed by atoms with van der Waals surface area (Å²) in [6.07, 6.45) is 0.894. The van der Waals surface area contributed by atoms with Crippen LogP contribution in [0, 0.1) is 0 Å². The first-order chi connectivity index (χ1) is 17.1. The summed E-state index contributed by atoms with van der Waals surface area (Å²) in [5, 5.41) is 2.84. The zero-order chi connectivity index (χ0) is 26.3. The number of aromatic nitrogens is 1. The molecular formula is C24H29ClN4O6S. The van der Waals surface area contributed by atoms with Crippen molar-refractivity contribution in [2.24, 2.45) is 0 Å². The maximum absolute atomic E-state index is 13.1. The topological polar surface area (TPSA) is 127 Å². The lowest BCUT2D eigenvalue weighted by atomic mass is 9.96. The summed E-state index contributed by atoms with van der Waals surface area (Å²) in [6.45, 7) is 6.32. The summed E-state index contributed by atoms with van der Waals surface area (Å²) < 4.78 is 10.6. The lowest BCUT2D eigenvalue weighted by Crippen LogP contribution is -2.51. The van der Waals surface area contributed by atoms with Crippen LogP contribution < -0.4 is 15.6 Å². The Hall–Kier alpha value is -3.18. The minimum atomic E-state index is -1.08. The SMILES string of the molecule is CCOC(=O)CC(=O)NNC(=O)c1csc(C2CCN(C(=O)C(C)(C)Oc3ccccc3Cl)CC2)n1. The number of likely N-dealkylation sites (tertiary alicyclic amines) is 1. The van der Waals surface area contributed by atoms with Crippen molar-refractivity contribution in [1.82, 2.24) is 20.7 Å². The Labute approximate surface area is 218 Å². The minimum absolute atomic E-state index is 0.103. The molecule has 1 aliphatic rings. The summed E-state index contributed by atoms with van der Waals surface area (Å²) >= 11 is 7.53. The number of rotatable bonds is 8. The number of amides is 3. The molecule has 1 fully saturated rings. The van der Waals surface area contributed by atoms with Crippen LogP contribution in [0.5, 0.6) is 5.75 Å². The van der Waals surface area contributed by atoms with Gasteiger partial charge in [0.05, 0.1) is 16.6 Å². The fraction of sp³-hybridized carbons (Fsp3) is 0.458. The zero-order valence-electron chi connectivity index (χ0n) is 20.3. The molecule has 0 bridgehead atoms. The zero-order valence-corrected chi connectivity index (χ0v) is 21.9. The van der Waals surface area contributed by atoms with E-state index in [0.29, 0.717) is 36.7 Å². The van der Waals surface area contributed by atoms with Crippen LogP contribution >= 0.6 is 22.9 Å². The molecule has 1 aliphatic heterocycles. The Balaban J connectivity index is 1.49. The number of esters is 1. The standard InChI is InChI=1S/C24H29ClN4O6S/c1-4-34-20(31)13-19(30)27-28-21(32)17-14-36-22(26-17)15-9-11-29(12-10-15)23(33)24(2,3)35-18-8-6-5-7-16(18)25/h5-8,14-15H,4,9-13H2,1-3H3,(H,27,30)(H,28,32). The smallest absolute Gasteiger partial charge is 0.315 e. The highest BCUT2D eigenvalue weighted by Crippen LogP contribution is 2.33. The number of nitrogens with zero attached hydrogens (tertiary/aromatic N) is 2. The van der Waals surface area contributed by atoms with Gasteiger partial charge in [0, 0.05) is 24.4 Å². The predicted molar refractivity (Wildman–Crippen MR) is 134 cm³/mol. The van der Waals surface area contributed by atoms with Gasteiger partial charge in [-0.2, -0.15) is 0 Å². The molecule has 0 saturated carbocycles. The second kappa shape index (κ2) is 12.2. The number of carbonyl (C=O) groups is 4. The first kappa shape index (κ1) is 27.4. The number of hydrazine groups is 1. The van der Waals surface area contributed by atoms with Crippen LogP contribution in [0.4, 0.5) is 0 Å². The van der Waals surface area contributed by atoms with Gasteiger partial charge >= 0.3 is 5.97 Å². The third kappa shape index (κ3) is 7.17. The van der Waals surface area contributed by atoms with Crippen molar-refractivity contribution in [3.05, 3.63) is 45.4 Å². The third-order valence-corrected chi connectivity index (χ3v) is 6.85. The molecule has 1 saturated heterocycles. The van der Waals surface area contributed by atoms with Gasteiger partial charge in [0.15, 0.2) is 5.60 Å². The van der Waals surface area contributed by atoms with Crippen LogP contribution in [-0.4, -0.2) is 58.9 Å². The minimum Gasteiger partial charge on any atom is -0.476 e. The van der Waals surface area contributed by atoms with Crippen LogP contribution in [0.1, 0.15) is 61.4 Å². The molecule has 1 aromatic heterocycles. The normalized spacial score (nSPS) is 14.2. The van der Waals surface area contributed by atoms with E-state index in [-0.39, 0.29) is 24.1 Å². The van der Waals surface area contributed by atoms with Crippen molar-refractivity contribution in [2.45, 2.75) is 51.6 Å². The van der Waals surface area contributed by atoms with E-state index >= 15 is 0 Å². The van der Waals surface area contributed by atoms with Gasteiger partial charge in [-0.3, -0.25) is 30.0 Å². The monoisotopic (exact) mass is 536 g/mol. The largest absolute Gasteiger partial charge is 0.476 e. The first-order valence-corrected chi connectivity index (χ1v) is 12.8. The second-order valence-electron chi connectivity index (χ2n) is 8.66. The number of carbonyl (C=O) groups excluding carboxylic acids is 4. The molecule has 12 heteroatoms. The van der Waals surface area contributed by atoms with Gasteiger partial charge in [-0.1, -0.05) is 23.7 Å². The van der Waals surface area contributed by atoms with Gasteiger partial charge in [0.25, 0.3) is 11.8 Å². The summed E-state index contributed by atoms with van der Waals surface area (Å²) in [5.74, 6) is -1.51. The van der Waals surface area contributed by atoms with E-state index in [1.54, 1.807) is 55.3 Å². The van der Waals surface area contributed by atoms with Crippen molar-refractivity contribution in [2.75, 3.05) is 19.7 Å². The summed E-state index contributed by atoms with van der Waals surface area (Å²) in [6, 6.07) is 7.03. The van der Waals surface area contributed by atoms with Crippen molar-refractivity contribution in [1.29, 1.82) is 0 Å². The maximum Gasteiger partial charge on any atom is 0.315 e. The van der Waals surface area contributed by atoms with E-state index in [9.17, 15) is 19.2 Å². The lowest BCUT2D eigenvalue weighted by molar-refractivity contribution is -0.147. The van der Waals surface area contributed by atoms with Gasteiger partial charge < -0.3 is 14.4 Å². The number of nitrogens with one attached hydrogen (secondary N) is 2. The second-order valence-corrected chi connectivity index (χ2v) is 9.96. The fourth-order valence-corrected chi connectivity index (χ4v) is 4.86. The molecule has 0 unspecified atom stereocenters. The number of para-hydroxylation sites is 1. The van der Waals surface area contributed by atoms with Crippen molar-refractivity contribution < 1.29 is 28.7 Å². The molecule has 3 amide bonds. The average Bonchev–Trinajstić information content (AvgIpc) is 3.34. The Bertz CT molecular complexity index is 1110. The molecule has 0 aliphatic carbocycles. The average molecular weight is 537 g/mol. The Morgan fingerprint density at radius 1 is 1.17 bits per heavy atom. The molecule has 3 rings (SSSR count). The van der Waals surface area contributed by atoms with E-state index in [4.69, 9.17) is 16.3 Å². The molecule has 0 spiro atoms. The highest BCUT2D eigenvalue weighted by atomic mass is 35.5. The number of hydrogen-bond donors (Lipinski definition) is 2. The summed E-state index contributed by atoms with van der Waals surface area (Å²) in [5.41, 5.74) is 3.50.